The minimum atomic E-state index is -0.493. The highest BCUT2D eigenvalue weighted by atomic mass is 16.5. The summed E-state index contributed by atoms with van der Waals surface area (Å²) in [6.07, 6.45) is 5.21. The Hall–Kier alpha value is -2.14. The van der Waals surface area contributed by atoms with E-state index in [2.05, 4.69) is 60.3 Å². The zero-order valence-corrected chi connectivity index (χ0v) is 14.8. The molecule has 25 heavy (non-hydrogen) atoms. The summed E-state index contributed by atoms with van der Waals surface area (Å²) < 4.78 is 7.61. The fourth-order valence-electron chi connectivity index (χ4n) is 2.91. The molecule has 0 saturated heterocycles. The summed E-state index contributed by atoms with van der Waals surface area (Å²) >= 11 is 0. The van der Waals surface area contributed by atoms with Crippen LogP contribution in [0, 0.1) is 0 Å². The van der Waals surface area contributed by atoms with Crippen molar-refractivity contribution in [2.24, 2.45) is 0 Å². The molecule has 2 aromatic rings. The number of quaternary nitrogens is 1. The maximum absolute atomic E-state index is 10.2. The molecule has 134 valence electrons. The quantitative estimate of drug-likeness (QED) is 0.455. The van der Waals surface area contributed by atoms with Crippen LogP contribution in [0.4, 0.5) is 0 Å². The summed E-state index contributed by atoms with van der Waals surface area (Å²) in [4.78, 5) is 1.26. The van der Waals surface area contributed by atoms with E-state index in [-0.39, 0.29) is 0 Å². The molecule has 1 unspecified atom stereocenters. The number of hydrogen-bond acceptors (Lipinski definition) is 2. The van der Waals surface area contributed by atoms with Gasteiger partial charge in [-0.1, -0.05) is 43.0 Å². The van der Waals surface area contributed by atoms with Crippen molar-refractivity contribution >= 4 is 0 Å². The van der Waals surface area contributed by atoms with E-state index < -0.39 is 6.10 Å². The Morgan fingerprint density at radius 1 is 1.12 bits per heavy atom. The van der Waals surface area contributed by atoms with Gasteiger partial charge in [0, 0.05) is 12.7 Å². The molecule has 1 heterocycles. The van der Waals surface area contributed by atoms with E-state index in [4.69, 9.17) is 4.74 Å². The van der Waals surface area contributed by atoms with Crippen LogP contribution in [-0.4, -0.2) is 42.1 Å². The van der Waals surface area contributed by atoms with Crippen molar-refractivity contribution in [1.82, 2.24) is 4.57 Å². The first-order valence-electron chi connectivity index (χ1n) is 8.72. The molecule has 0 saturated carbocycles. The third kappa shape index (κ3) is 6.70. The predicted octanol–water partition coefficient (Wildman–Crippen LogP) is 1.67. The van der Waals surface area contributed by atoms with Crippen LogP contribution in [0.15, 0.2) is 74.0 Å². The number of rotatable bonds is 12. The molecule has 0 aliphatic rings. The van der Waals surface area contributed by atoms with Crippen molar-refractivity contribution in [3.8, 4) is 0 Å². The Bertz CT molecular complexity index is 636. The Balaban J connectivity index is 1.96. The second-order valence-electron chi connectivity index (χ2n) is 6.22. The second-order valence-corrected chi connectivity index (χ2v) is 6.22. The molecule has 1 aromatic heterocycles. The van der Waals surface area contributed by atoms with E-state index in [1.54, 1.807) is 6.08 Å². The maximum Gasteiger partial charge on any atom is 0.126 e. The first kappa shape index (κ1) is 19.2. The number of nitrogens with zero attached hydrogens (tertiary/aromatic N) is 1. The van der Waals surface area contributed by atoms with E-state index in [0.29, 0.717) is 19.8 Å². The number of aliphatic hydroxyl groups excluding tert-OH is 1. The van der Waals surface area contributed by atoms with Crippen molar-refractivity contribution in [1.29, 1.82) is 0 Å². The third-order valence-corrected chi connectivity index (χ3v) is 4.05. The van der Waals surface area contributed by atoms with Gasteiger partial charge in [0.25, 0.3) is 0 Å². The normalized spacial score (nSPS) is 13.3. The lowest BCUT2D eigenvalue weighted by Gasteiger charge is -2.22. The highest BCUT2D eigenvalue weighted by Gasteiger charge is 2.16. The Kier molecular flexibility index (Phi) is 8.19. The van der Waals surface area contributed by atoms with Gasteiger partial charge in [-0.05, 0) is 23.8 Å². The van der Waals surface area contributed by atoms with Crippen molar-refractivity contribution in [2.45, 2.75) is 19.2 Å². The minimum Gasteiger partial charge on any atom is -0.385 e. The van der Waals surface area contributed by atoms with Gasteiger partial charge in [-0.3, -0.25) is 0 Å². The number of hydrogen-bond donors (Lipinski definition) is 2. The van der Waals surface area contributed by atoms with Gasteiger partial charge < -0.3 is 19.3 Å². The standard InChI is InChI=1S/C21H28N2O2/c1-3-12-22(17-21(24)18-25-14-4-2)16-20-11-8-13-23(20)15-19-9-6-5-7-10-19/h3-11,13,21,24H,1-2,12,14-18H2/p+1/t21-/m1/s1. The van der Waals surface area contributed by atoms with Gasteiger partial charge in [0.15, 0.2) is 0 Å². The van der Waals surface area contributed by atoms with Crippen molar-refractivity contribution in [3.05, 3.63) is 85.2 Å². The van der Waals surface area contributed by atoms with Gasteiger partial charge in [0.2, 0.25) is 0 Å². The van der Waals surface area contributed by atoms with Crippen molar-refractivity contribution in [2.75, 3.05) is 26.3 Å². The molecular formula is C21H29N2O2+. The van der Waals surface area contributed by atoms with E-state index in [9.17, 15) is 5.11 Å². The number of aromatic nitrogens is 1. The van der Waals surface area contributed by atoms with Crippen LogP contribution in [0.5, 0.6) is 0 Å². The predicted molar refractivity (Wildman–Crippen MR) is 102 cm³/mol. The molecule has 0 fully saturated rings. The zero-order valence-electron chi connectivity index (χ0n) is 14.8. The van der Waals surface area contributed by atoms with E-state index in [0.717, 1.165) is 19.6 Å². The fraction of sp³-hybridized carbons (Fsp3) is 0.333. The number of aliphatic hydroxyl groups is 1. The van der Waals surface area contributed by atoms with Gasteiger partial charge >= 0.3 is 0 Å². The average Bonchev–Trinajstić information content (AvgIpc) is 3.03. The number of nitrogens with one attached hydrogen (secondary N) is 1. The molecule has 0 bridgehead atoms. The monoisotopic (exact) mass is 341 g/mol. The summed E-state index contributed by atoms with van der Waals surface area (Å²) in [5, 5.41) is 10.2. The molecule has 4 heteroatoms. The SMILES string of the molecule is C=CCOC[C@H](O)C[NH+](CC=C)Cc1cccn1Cc1ccccc1. The Morgan fingerprint density at radius 2 is 1.92 bits per heavy atom. The molecule has 2 rings (SSSR count). The molecule has 0 aliphatic heterocycles. The highest BCUT2D eigenvalue weighted by molar-refractivity contribution is 5.17. The molecular weight excluding hydrogens is 312 g/mol. The molecule has 1 aromatic carbocycles. The molecule has 0 radical (unpaired) electrons. The fourth-order valence-corrected chi connectivity index (χ4v) is 2.91. The van der Waals surface area contributed by atoms with Crippen LogP contribution in [0.3, 0.4) is 0 Å². The topological polar surface area (TPSA) is 38.8 Å². The third-order valence-electron chi connectivity index (χ3n) is 4.05. The Labute approximate surface area is 150 Å². The first-order chi connectivity index (χ1) is 12.2. The molecule has 0 amide bonds. The molecule has 0 spiro atoms. The van der Waals surface area contributed by atoms with E-state index >= 15 is 0 Å². The molecule has 2 N–H and O–H groups in total. The van der Waals surface area contributed by atoms with Crippen molar-refractivity contribution in [3.63, 3.8) is 0 Å². The van der Waals surface area contributed by atoms with Crippen LogP contribution >= 0.6 is 0 Å². The zero-order chi connectivity index (χ0) is 17.9. The lowest BCUT2D eigenvalue weighted by atomic mass is 10.2. The van der Waals surface area contributed by atoms with E-state index in [1.807, 2.05) is 12.1 Å². The maximum atomic E-state index is 10.2. The minimum absolute atomic E-state index is 0.331. The number of ether oxygens (including phenoxy) is 1. The largest absolute Gasteiger partial charge is 0.385 e. The van der Waals surface area contributed by atoms with Gasteiger partial charge in [0.05, 0.1) is 25.5 Å². The second kappa shape index (κ2) is 10.7. The van der Waals surface area contributed by atoms with Crippen LogP contribution in [0.1, 0.15) is 11.3 Å². The smallest absolute Gasteiger partial charge is 0.126 e. The Morgan fingerprint density at radius 3 is 2.64 bits per heavy atom. The molecule has 4 nitrogen and oxygen atoms in total. The summed E-state index contributed by atoms with van der Waals surface area (Å²) in [5.74, 6) is 0. The van der Waals surface area contributed by atoms with Gasteiger partial charge in [0.1, 0.15) is 19.2 Å². The summed E-state index contributed by atoms with van der Waals surface area (Å²) in [6.45, 7) is 11.4. The van der Waals surface area contributed by atoms with Crippen molar-refractivity contribution < 1.29 is 14.7 Å². The molecule has 0 aliphatic carbocycles. The van der Waals surface area contributed by atoms with E-state index in [1.165, 1.54) is 16.2 Å². The summed E-state index contributed by atoms with van der Waals surface area (Å²) in [6, 6.07) is 14.7. The first-order valence-corrected chi connectivity index (χ1v) is 8.72. The lowest BCUT2D eigenvalue weighted by molar-refractivity contribution is -0.911. The average molecular weight is 341 g/mol. The lowest BCUT2D eigenvalue weighted by Crippen LogP contribution is -3.11. The number of benzene rings is 1. The summed E-state index contributed by atoms with van der Waals surface area (Å²) in [7, 11) is 0. The van der Waals surface area contributed by atoms with Gasteiger partial charge in [-0.15, -0.1) is 6.58 Å². The van der Waals surface area contributed by atoms with Gasteiger partial charge in [-0.25, -0.2) is 0 Å². The van der Waals surface area contributed by atoms with Crippen LogP contribution in [-0.2, 0) is 17.8 Å². The van der Waals surface area contributed by atoms with Crippen LogP contribution < -0.4 is 4.90 Å². The van der Waals surface area contributed by atoms with Gasteiger partial charge in [-0.2, -0.15) is 0 Å². The highest BCUT2D eigenvalue weighted by Crippen LogP contribution is 2.07. The summed E-state index contributed by atoms with van der Waals surface area (Å²) in [5.41, 5.74) is 2.53. The molecule has 2 atom stereocenters. The van der Waals surface area contributed by atoms with Crippen LogP contribution in [0.2, 0.25) is 0 Å². The van der Waals surface area contributed by atoms with Crippen LogP contribution in [0.25, 0.3) is 0 Å².